The van der Waals surface area contributed by atoms with E-state index in [1.54, 1.807) is 17.5 Å². The number of carboxylic acids is 1. The molecule has 0 amide bonds. The molecule has 0 bridgehead atoms. The highest BCUT2D eigenvalue weighted by molar-refractivity contribution is 7.09. The number of hydrogen-bond donors (Lipinski definition) is 1. The van der Waals surface area contributed by atoms with E-state index in [1.165, 1.54) is 0 Å². The minimum atomic E-state index is -0.677. The number of carboxylic acid groups (broad SMARTS) is 1. The van der Waals surface area contributed by atoms with E-state index in [9.17, 15) is 4.79 Å². The molecule has 2 heterocycles. The Labute approximate surface area is 92.6 Å². The number of rotatable bonds is 3. The number of hydrogen-bond acceptors (Lipinski definition) is 4. The van der Waals surface area contributed by atoms with E-state index >= 15 is 0 Å². The fourth-order valence-corrected chi connectivity index (χ4v) is 2.70. The van der Waals surface area contributed by atoms with Crippen molar-refractivity contribution >= 4 is 17.3 Å². The van der Waals surface area contributed by atoms with E-state index in [4.69, 9.17) is 5.11 Å². The van der Waals surface area contributed by atoms with E-state index in [0.717, 1.165) is 18.1 Å². The molecule has 1 aliphatic heterocycles. The molecule has 1 aliphatic rings. The van der Waals surface area contributed by atoms with Crippen LogP contribution in [0.3, 0.4) is 0 Å². The van der Waals surface area contributed by atoms with Crippen molar-refractivity contribution in [3.8, 4) is 0 Å². The van der Waals surface area contributed by atoms with Gasteiger partial charge in [0.25, 0.3) is 0 Å². The average Bonchev–Trinajstić information content (AvgIpc) is 2.75. The number of nitrogens with zero attached hydrogens (tertiary/aromatic N) is 2. The summed E-state index contributed by atoms with van der Waals surface area (Å²) in [6, 6.07) is 0. The quantitative estimate of drug-likeness (QED) is 0.844. The summed E-state index contributed by atoms with van der Waals surface area (Å²) in [6.45, 7) is 4.29. The molecule has 4 nitrogen and oxygen atoms in total. The molecule has 1 saturated heterocycles. The fourth-order valence-electron chi connectivity index (χ4n) is 2.04. The largest absolute Gasteiger partial charge is 0.481 e. The van der Waals surface area contributed by atoms with Crippen molar-refractivity contribution in [3.05, 3.63) is 16.6 Å². The Bertz CT molecular complexity index is 339. The van der Waals surface area contributed by atoms with Crippen molar-refractivity contribution in [2.75, 3.05) is 13.1 Å². The van der Waals surface area contributed by atoms with Gasteiger partial charge in [0, 0.05) is 24.7 Å². The second-order valence-electron chi connectivity index (χ2n) is 4.04. The first-order valence-electron chi connectivity index (χ1n) is 5.00. The van der Waals surface area contributed by atoms with Gasteiger partial charge in [-0.05, 0) is 5.92 Å². The first kappa shape index (κ1) is 10.6. The lowest BCUT2D eigenvalue weighted by molar-refractivity contribution is -0.142. The molecule has 0 saturated carbocycles. The first-order chi connectivity index (χ1) is 7.16. The van der Waals surface area contributed by atoms with Gasteiger partial charge >= 0.3 is 5.97 Å². The molecule has 1 N–H and O–H groups in total. The van der Waals surface area contributed by atoms with Crippen LogP contribution in [0.1, 0.15) is 11.9 Å². The van der Waals surface area contributed by atoms with Gasteiger partial charge in [0.05, 0.1) is 12.5 Å². The molecule has 2 atom stereocenters. The van der Waals surface area contributed by atoms with Crippen molar-refractivity contribution in [2.45, 2.75) is 13.5 Å². The SMILES string of the molecule is C[C@@H]1CN(Cc2nccs2)C[C@H]1C(=O)O. The first-order valence-corrected chi connectivity index (χ1v) is 5.88. The zero-order chi connectivity index (χ0) is 10.8. The molecule has 0 spiro atoms. The minimum absolute atomic E-state index is 0.218. The number of thiazole rings is 1. The topological polar surface area (TPSA) is 53.4 Å². The van der Waals surface area contributed by atoms with Crippen LogP contribution < -0.4 is 0 Å². The predicted molar refractivity (Wildman–Crippen MR) is 57.7 cm³/mol. The number of carbonyl (C=O) groups is 1. The van der Waals surface area contributed by atoms with E-state index < -0.39 is 5.97 Å². The van der Waals surface area contributed by atoms with E-state index in [-0.39, 0.29) is 11.8 Å². The van der Waals surface area contributed by atoms with Crippen LogP contribution in [0.25, 0.3) is 0 Å². The standard InChI is InChI=1S/C10H14N2O2S/c1-7-4-12(5-8(7)10(13)14)6-9-11-2-3-15-9/h2-3,7-8H,4-6H2,1H3,(H,13,14)/t7-,8-/m1/s1. The molecular weight excluding hydrogens is 212 g/mol. The summed E-state index contributed by atoms with van der Waals surface area (Å²) in [5, 5.41) is 12.0. The summed E-state index contributed by atoms with van der Waals surface area (Å²) in [5.74, 6) is -0.656. The maximum Gasteiger partial charge on any atom is 0.308 e. The van der Waals surface area contributed by atoms with Crippen molar-refractivity contribution in [1.82, 2.24) is 9.88 Å². The molecule has 5 heteroatoms. The van der Waals surface area contributed by atoms with Gasteiger partial charge in [-0.2, -0.15) is 0 Å². The van der Waals surface area contributed by atoms with E-state index in [1.807, 2.05) is 12.3 Å². The Hall–Kier alpha value is -0.940. The third kappa shape index (κ3) is 2.35. The van der Waals surface area contributed by atoms with Gasteiger partial charge in [-0.3, -0.25) is 9.69 Å². The Morgan fingerprint density at radius 1 is 1.73 bits per heavy atom. The highest BCUT2D eigenvalue weighted by atomic mass is 32.1. The van der Waals surface area contributed by atoms with Crippen molar-refractivity contribution in [2.24, 2.45) is 11.8 Å². The lowest BCUT2D eigenvalue weighted by Gasteiger charge is -2.12. The van der Waals surface area contributed by atoms with Gasteiger partial charge in [0.15, 0.2) is 0 Å². The third-order valence-corrected chi connectivity index (χ3v) is 3.61. The molecule has 1 fully saturated rings. The van der Waals surface area contributed by atoms with Crippen LogP contribution in [0.5, 0.6) is 0 Å². The summed E-state index contributed by atoms with van der Waals surface area (Å²) >= 11 is 1.62. The zero-order valence-corrected chi connectivity index (χ0v) is 9.41. The van der Waals surface area contributed by atoms with Crippen LogP contribution >= 0.6 is 11.3 Å². The van der Waals surface area contributed by atoms with Gasteiger partial charge in [0.2, 0.25) is 0 Å². The maximum absolute atomic E-state index is 10.9. The molecule has 0 aromatic carbocycles. The summed E-state index contributed by atoms with van der Waals surface area (Å²) in [7, 11) is 0. The fraction of sp³-hybridized carbons (Fsp3) is 0.600. The van der Waals surface area contributed by atoms with Crippen LogP contribution in [-0.2, 0) is 11.3 Å². The van der Waals surface area contributed by atoms with E-state index in [0.29, 0.717) is 6.54 Å². The number of aliphatic carboxylic acids is 1. The second-order valence-corrected chi connectivity index (χ2v) is 5.02. The van der Waals surface area contributed by atoms with Crippen LogP contribution in [0.4, 0.5) is 0 Å². The molecular formula is C10H14N2O2S. The Balaban J connectivity index is 1.94. The van der Waals surface area contributed by atoms with Crippen molar-refractivity contribution in [3.63, 3.8) is 0 Å². The lowest BCUT2D eigenvalue weighted by Crippen LogP contribution is -2.23. The molecule has 15 heavy (non-hydrogen) atoms. The minimum Gasteiger partial charge on any atom is -0.481 e. The summed E-state index contributed by atoms with van der Waals surface area (Å²) in [5.41, 5.74) is 0. The van der Waals surface area contributed by atoms with Crippen molar-refractivity contribution < 1.29 is 9.90 Å². The summed E-state index contributed by atoms with van der Waals surface area (Å²) < 4.78 is 0. The monoisotopic (exact) mass is 226 g/mol. The van der Waals surface area contributed by atoms with Crippen molar-refractivity contribution in [1.29, 1.82) is 0 Å². The molecule has 1 aromatic heterocycles. The second kappa shape index (κ2) is 4.28. The normalized spacial score (nSPS) is 27.0. The van der Waals surface area contributed by atoms with Crippen LogP contribution in [-0.4, -0.2) is 34.0 Å². The molecule has 1 aromatic rings. The van der Waals surface area contributed by atoms with Gasteiger partial charge in [-0.15, -0.1) is 11.3 Å². The van der Waals surface area contributed by atoms with Gasteiger partial charge in [-0.25, -0.2) is 4.98 Å². The summed E-state index contributed by atoms with van der Waals surface area (Å²) in [6.07, 6.45) is 1.79. The summed E-state index contributed by atoms with van der Waals surface area (Å²) in [4.78, 5) is 17.3. The highest BCUT2D eigenvalue weighted by Crippen LogP contribution is 2.24. The Kier molecular flexibility index (Phi) is 3.02. The number of likely N-dealkylation sites (tertiary alicyclic amines) is 1. The van der Waals surface area contributed by atoms with Gasteiger partial charge in [-0.1, -0.05) is 6.92 Å². The number of aromatic nitrogens is 1. The molecule has 0 unspecified atom stereocenters. The van der Waals surface area contributed by atoms with Crippen LogP contribution in [0, 0.1) is 11.8 Å². The van der Waals surface area contributed by atoms with Crippen LogP contribution in [0.2, 0.25) is 0 Å². The lowest BCUT2D eigenvalue weighted by atomic mass is 9.99. The average molecular weight is 226 g/mol. The zero-order valence-electron chi connectivity index (χ0n) is 8.59. The van der Waals surface area contributed by atoms with Gasteiger partial charge < -0.3 is 5.11 Å². The Morgan fingerprint density at radius 2 is 2.53 bits per heavy atom. The van der Waals surface area contributed by atoms with Crippen LogP contribution in [0.15, 0.2) is 11.6 Å². The highest BCUT2D eigenvalue weighted by Gasteiger charge is 2.34. The predicted octanol–water partition coefficient (Wildman–Crippen LogP) is 1.30. The van der Waals surface area contributed by atoms with Gasteiger partial charge in [0.1, 0.15) is 5.01 Å². The maximum atomic E-state index is 10.9. The third-order valence-electron chi connectivity index (χ3n) is 2.85. The molecule has 2 rings (SSSR count). The smallest absolute Gasteiger partial charge is 0.308 e. The molecule has 82 valence electrons. The molecule has 0 radical (unpaired) electrons. The molecule has 0 aliphatic carbocycles. The Morgan fingerprint density at radius 3 is 3.07 bits per heavy atom. The van der Waals surface area contributed by atoms with E-state index in [2.05, 4.69) is 9.88 Å².